The fourth-order valence-electron chi connectivity index (χ4n) is 2.44. The maximum absolute atomic E-state index is 10.7. The topological polar surface area (TPSA) is 66.0 Å². The van der Waals surface area contributed by atoms with Crippen molar-refractivity contribution in [3.05, 3.63) is 78.1 Å². The van der Waals surface area contributed by atoms with Crippen LogP contribution in [0.3, 0.4) is 0 Å². The van der Waals surface area contributed by atoms with E-state index in [0.29, 0.717) is 5.56 Å². The first-order valence-corrected chi connectivity index (χ1v) is 7.15. The molecule has 3 aromatic rings. The van der Waals surface area contributed by atoms with E-state index < -0.39 is 5.97 Å². The number of nitrogens with zero attached hydrogens (tertiary/aromatic N) is 2. The van der Waals surface area contributed by atoms with E-state index in [1.54, 1.807) is 12.1 Å². The third-order valence-electron chi connectivity index (χ3n) is 3.62. The predicted molar refractivity (Wildman–Crippen MR) is 87.3 cm³/mol. The molecule has 0 bridgehead atoms. The van der Waals surface area contributed by atoms with Crippen LogP contribution < -0.4 is 0 Å². The molecular formula is C19H14N2O2. The number of carboxylic acid groups (broad SMARTS) is 1. The van der Waals surface area contributed by atoms with Crippen LogP contribution >= 0.6 is 0 Å². The molecule has 0 saturated carbocycles. The quantitative estimate of drug-likeness (QED) is 0.800. The molecule has 1 aromatic heterocycles. The minimum atomic E-state index is -0.834. The van der Waals surface area contributed by atoms with Gasteiger partial charge in [-0.05, 0) is 47.0 Å². The van der Waals surface area contributed by atoms with E-state index in [1.165, 1.54) is 0 Å². The van der Waals surface area contributed by atoms with Gasteiger partial charge in [-0.2, -0.15) is 5.26 Å². The van der Waals surface area contributed by atoms with Crippen LogP contribution in [0.4, 0.5) is 0 Å². The van der Waals surface area contributed by atoms with Gasteiger partial charge < -0.3 is 9.67 Å². The number of aromatic nitrogens is 1. The van der Waals surface area contributed by atoms with Crippen LogP contribution in [0.25, 0.3) is 16.8 Å². The molecular weight excluding hydrogens is 288 g/mol. The molecule has 0 radical (unpaired) electrons. The number of hydrogen-bond donors (Lipinski definition) is 1. The van der Waals surface area contributed by atoms with Gasteiger partial charge in [-0.25, -0.2) is 0 Å². The fraction of sp³-hybridized carbons (Fsp3) is 0.0526. The fourth-order valence-corrected chi connectivity index (χ4v) is 2.44. The van der Waals surface area contributed by atoms with Crippen LogP contribution in [-0.4, -0.2) is 15.6 Å². The van der Waals surface area contributed by atoms with E-state index in [2.05, 4.69) is 6.07 Å². The molecule has 3 rings (SSSR count). The summed E-state index contributed by atoms with van der Waals surface area (Å²) < 4.78 is 1.90. The molecule has 0 atom stereocenters. The van der Waals surface area contributed by atoms with Crippen molar-refractivity contribution in [3.8, 4) is 22.9 Å². The number of carbonyl (C=O) groups is 1. The highest BCUT2D eigenvalue weighted by Crippen LogP contribution is 2.22. The lowest BCUT2D eigenvalue weighted by Crippen LogP contribution is -1.98. The van der Waals surface area contributed by atoms with Crippen LogP contribution in [-0.2, 0) is 11.2 Å². The third-order valence-corrected chi connectivity index (χ3v) is 3.62. The smallest absolute Gasteiger partial charge is 0.307 e. The van der Waals surface area contributed by atoms with Gasteiger partial charge in [0.15, 0.2) is 0 Å². The van der Waals surface area contributed by atoms with Crippen LogP contribution in [0.1, 0.15) is 11.1 Å². The zero-order valence-corrected chi connectivity index (χ0v) is 12.3. The summed E-state index contributed by atoms with van der Waals surface area (Å²) in [6.07, 6.45) is 3.70. The molecule has 0 aliphatic rings. The molecule has 0 amide bonds. The van der Waals surface area contributed by atoms with E-state index in [9.17, 15) is 4.79 Å². The van der Waals surface area contributed by atoms with Gasteiger partial charge in [-0.15, -0.1) is 0 Å². The first-order valence-electron chi connectivity index (χ1n) is 7.15. The monoisotopic (exact) mass is 302 g/mol. The van der Waals surface area contributed by atoms with Crippen molar-refractivity contribution in [2.45, 2.75) is 6.42 Å². The lowest BCUT2D eigenvalue weighted by atomic mass is 10.0. The van der Waals surface area contributed by atoms with Gasteiger partial charge >= 0.3 is 5.97 Å². The molecule has 0 unspecified atom stereocenters. The van der Waals surface area contributed by atoms with E-state index in [-0.39, 0.29) is 6.42 Å². The highest BCUT2D eigenvalue weighted by molar-refractivity contribution is 5.70. The first kappa shape index (κ1) is 14.6. The summed E-state index contributed by atoms with van der Waals surface area (Å²) in [7, 11) is 0. The van der Waals surface area contributed by atoms with Crippen LogP contribution in [0.5, 0.6) is 0 Å². The van der Waals surface area contributed by atoms with Crippen molar-refractivity contribution in [3.63, 3.8) is 0 Å². The van der Waals surface area contributed by atoms with E-state index in [0.717, 1.165) is 22.4 Å². The molecule has 0 aliphatic heterocycles. The Morgan fingerprint density at radius 2 is 1.61 bits per heavy atom. The van der Waals surface area contributed by atoms with Gasteiger partial charge in [0, 0.05) is 18.1 Å². The van der Waals surface area contributed by atoms with Crippen LogP contribution in [0.15, 0.2) is 67.0 Å². The summed E-state index contributed by atoms with van der Waals surface area (Å²) in [4.78, 5) is 10.7. The van der Waals surface area contributed by atoms with Gasteiger partial charge in [0.1, 0.15) is 0 Å². The molecule has 1 N–H and O–H groups in total. The zero-order valence-electron chi connectivity index (χ0n) is 12.3. The molecule has 4 nitrogen and oxygen atoms in total. The summed E-state index contributed by atoms with van der Waals surface area (Å²) in [6.45, 7) is 0. The van der Waals surface area contributed by atoms with Crippen molar-refractivity contribution < 1.29 is 9.90 Å². The van der Waals surface area contributed by atoms with Gasteiger partial charge in [0.25, 0.3) is 0 Å². The Kier molecular flexibility index (Phi) is 3.94. The molecule has 2 aromatic carbocycles. The summed E-state index contributed by atoms with van der Waals surface area (Å²) in [6, 6.07) is 19.3. The molecule has 0 aliphatic carbocycles. The summed E-state index contributed by atoms with van der Waals surface area (Å²) >= 11 is 0. The Hall–Kier alpha value is -3.32. The second-order valence-corrected chi connectivity index (χ2v) is 5.23. The lowest BCUT2D eigenvalue weighted by Gasteiger charge is -2.06. The number of carboxylic acids is 1. The normalized spacial score (nSPS) is 10.2. The predicted octanol–water partition coefficient (Wildman–Crippen LogP) is 3.64. The Bertz CT molecular complexity index is 869. The zero-order chi connectivity index (χ0) is 16.2. The summed E-state index contributed by atoms with van der Waals surface area (Å²) in [5, 5.41) is 17.6. The summed E-state index contributed by atoms with van der Waals surface area (Å²) in [5.41, 5.74) is 4.50. The van der Waals surface area contributed by atoms with Crippen molar-refractivity contribution in [1.29, 1.82) is 5.26 Å². The lowest BCUT2D eigenvalue weighted by molar-refractivity contribution is -0.136. The van der Waals surface area contributed by atoms with E-state index in [4.69, 9.17) is 10.4 Å². The maximum atomic E-state index is 10.7. The van der Waals surface area contributed by atoms with E-state index >= 15 is 0 Å². The Labute approximate surface area is 133 Å². The Morgan fingerprint density at radius 3 is 2.17 bits per heavy atom. The van der Waals surface area contributed by atoms with Crippen LogP contribution in [0.2, 0.25) is 0 Å². The van der Waals surface area contributed by atoms with Gasteiger partial charge in [-0.1, -0.05) is 24.3 Å². The molecule has 1 heterocycles. The van der Waals surface area contributed by atoms with Crippen molar-refractivity contribution >= 4 is 5.97 Å². The highest BCUT2D eigenvalue weighted by Gasteiger charge is 2.04. The number of nitriles is 1. The average Bonchev–Trinajstić information content (AvgIpc) is 3.03. The second-order valence-electron chi connectivity index (χ2n) is 5.23. The largest absolute Gasteiger partial charge is 0.481 e. The standard InChI is InChI=1S/C19H14N2O2/c20-12-14-1-3-16(4-2-14)17-5-7-18(8-6-17)21-10-9-15(13-21)11-19(22)23/h1-10,13H,11H2,(H,22,23). The summed E-state index contributed by atoms with van der Waals surface area (Å²) in [5.74, 6) is -0.834. The Balaban J connectivity index is 1.82. The molecule has 4 heteroatoms. The number of hydrogen-bond acceptors (Lipinski definition) is 2. The van der Waals surface area contributed by atoms with E-state index in [1.807, 2.05) is 59.4 Å². The first-order chi connectivity index (χ1) is 11.2. The molecule has 0 spiro atoms. The number of rotatable bonds is 4. The van der Waals surface area contributed by atoms with Crippen molar-refractivity contribution in [2.24, 2.45) is 0 Å². The van der Waals surface area contributed by atoms with Crippen molar-refractivity contribution in [2.75, 3.05) is 0 Å². The van der Waals surface area contributed by atoms with Gasteiger partial charge in [0.2, 0.25) is 0 Å². The minimum Gasteiger partial charge on any atom is -0.481 e. The minimum absolute atomic E-state index is 0.0241. The van der Waals surface area contributed by atoms with Crippen LogP contribution in [0, 0.1) is 11.3 Å². The second kappa shape index (κ2) is 6.20. The number of aliphatic carboxylic acids is 1. The molecule has 0 fully saturated rings. The molecule has 0 saturated heterocycles. The van der Waals surface area contributed by atoms with Gasteiger partial charge in [0.05, 0.1) is 18.1 Å². The number of benzene rings is 2. The average molecular weight is 302 g/mol. The third kappa shape index (κ3) is 3.30. The van der Waals surface area contributed by atoms with Gasteiger partial charge in [-0.3, -0.25) is 4.79 Å². The van der Waals surface area contributed by atoms with Crippen molar-refractivity contribution in [1.82, 2.24) is 4.57 Å². The Morgan fingerprint density at radius 1 is 1.00 bits per heavy atom. The SMILES string of the molecule is N#Cc1ccc(-c2ccc(-n3ccc(CC(=O)O)c3)cc2)cc1. The molecule has 112 valence electrons. The highest BCUT2D eigenvalue weighted by atomic mass is 16.4. The molecule has 23 heavy (non-hydrogen) atoms. The maximum Gasteiger partial charge on any atom is 0.307 e.